The van der Waals surface area contributed by atoms with Gasteiger partial charge in [0.25, 0.3) is 6.47 Å². The number of H-pyrrole nitrogens is 1. The van der Waals surface area contributed by atoms with Crippen molar-refractivity contribution in [3.05, 3.63) is 18.2 Å². The molecule has 0 aromatic carbocycles. The number of nitrogens with one attached hydrogen (secondary N) is 3. The van der Waals surface area contributed by atoms with Gasteiger partial charge in [-0.1, -0.05) is 0 Å². The number of hydrogen-bond acceptors (Lipinski definition) is 5. The number of aromatic amines is 1. The number of imidazole rings is 1. The number of rotatable bonds is 3. The fraction of sp³-hybridized carbons (Fsp3) is 0.400. The quantitative estimate of drug-likeness (QED) is 0.388. The minimum atomic E-state index is -0.842. The molecule has 1 saturated heterocycles. The molecule has 0 bridgehead atoms. The van der Waals surface area contributed by atoms with Crippen LogP contribution in [0.5, 0.6) is 0 Å². The molecule has 0 saturated carbocycles. The lowest BCUT2D eigenvalue weighted by Crippen LogP contribution is -2.63. The van der Waals surface area contributed by atoms with Gasteiger partial charge in [0.15, 0.2) is 0 Å². The van der Waals surface area contributed by atoms with Crippen LogP contribution < -0.4 is 10.6 Å². The Bertz CT molecular complexity index is 433. The van der Waals surface area contributed by atoms with Crippen molar-refractivity contribution in [3.8, 4) is 0 Å². The summed E-state index contributed by atoms with van der Waals surface area (Å²) in [6.07, 6.45) is 3.46. The lowest BCUT2D eigenvalue weighted by molar-refractivity contribution is -0.137. The summed E-state index contributed by atoms with van der Waals surface area (Å²) in [5, 5.41) is 20.7. The molecule has 2 heterocycles. The second-order valence-electron chi connectivity index (χ2n) is 3.69. The number of carboxylic acid groups (broad SMARTS) is 1. The van der Waals surface area contributed by atoms with E-state index in [0.717, 1.165) is 5.69 Å². The number of nitrogens with zero attached hydrogens (tertiary/aromatic N) is 1. The van der Waals surface area contributed by atoms with Crippen molar-refractivity contribution in [1.82, 2.24) is 20.6 Å². The Morgan fingerprint density at radius 1 is 1.26 bits per heavy atom. The Hall–Kier alpha value is -2.42. The number of aromatic nitrogens is 2. The maximum Gasteiger partial charge on any atom is 0.290 e. The van der Waals surface area contributed by atoms with Gasteiger partial charge < -0.3 is 25.8 Å². The van der Waals surface area contributed by atoms with Gasteiger partial charge >= 0.3 is 0 Å². The molecule has 1 aliphatic heterocycles. The first-order valence-corrected chi connectivity index (χ1v) is 5.39. The van der Waals surface area contributed by atoms with Crippen molar-refractivity contribution >= 4 is 18.3 Å². The molecule has 0 aliphatic carbocycles. The second kappa shape index (κ2) is 7.11. The minimum absolute atomic E-state index is 0.250. The van der Waals surface area contributed by atoms with Gasteiger partial charge in [-0.2, -0.15) is 0 Å². The molecule has 19 heavy (non-hydrogen) atoms. The van der Waals surface area contributed by atoms with Crippen molar-refractivity contribution < 1.29 is 24.6 Å². The predicted molar refractivity (Wildman–Crippen MR) is 61.9 cm³/mol. The zero-order valence-corrected chi connectivity index (χ0v) is 9.87. The fourth-order valence-electron chi connectivity index (χ4n) is 1.56. The monoisotopic (exact) mass is 270 g/mol. The van der Waals surface area contributed by atoms with Crippen LogP contribution in [-0.4, -0.2) is 57.2 Å². The van der Waals surface area contributed by atoms with Crippen LogP contribution in [0.15, 0.2) is 12.5 Å². The van der Waals surface area contributed by atoms with E-state index in [2.05, 4.69) is 20.6 Å². The highest BCUT2D eigenvalue weighted by molar-refractivity contribution is 5.97. The summed E-state index contributed by atoms with van der Waals surface area (Å²) in [6, 6.07) is -1.46. The molecule has 1 fully saturated rings. The zero-order valence-electron chi connectivity index (χ0n) is 9.87. The van der Waals surface area contributed by atoms with Crippen LogP contribution in [0.4, 0.5) is 0 Å². The maximum atomic E-state index is 11.6. The number of carbonyl (C=O) groups is 3. The van der Waals surface area contributed by atoms with Gasteiger partial charge in [-0.05, 0) is 0 Å². The molecule has 2 rings (SSSR count). The third-order valence-electron chi connectivity index (χ3n) is 2.43. The van der Waals surface area contributed by atoms with E-state index in [4.69, 9.17) is 15.0 Å². The van der Waals surface area contributed by atoms with Gasteiger partial charge in [0.1, 0.15) is 12.1 Å². The van der Waals surface area contributed by atoms with Crippen LogP contribution in [0, 0.1) is 0 Å². The van der Waals surface area contributed by atoms with E-state index in [1.54, 1.807) is 6.20 Å². The van der Waals surface area contributed by atoms with Crippen LogP contribution in [0.1, 0.15) is 5.69 Å². The summed E-state index contributed by atoms with van der Waals surface area (Å²) >= 11 is 0. The number of aliphatic hydroxyl groups is 1. The highest BCUT2D eigenvalue weighted by atomic mass is 16.3. The molecule has 9 heteroatoms. The smallest absolute Gasteiger partial charge is 0.290 e. The Morgan fingerprint density at radius 3 is 2.37 bits per heavy atom. The van der Waals surface area contributed by atoms with Crippen LogP contribution in [-0.2, 0) is 20.8 Å². The molecule has 9 nitrogen and oxygen atoms in total. The molecule has 1 aromatic rings. The molecular weight excluding hydrogens is 256 g/mol. The molecule has 1 aliphatic rings. The Kier molecular flexibility index (Phi) is 5.48. The average Bonchev–Trinajstić information content (AvgIpc) is 2.87. The highest BCUT2D eigenvalue weighted by Crippen LogP contribution is 2.03. The largest absolute Gasteiger partial charge is 0.483 e. The Morgan fingerprint density at radius 2 is 1.84 bits per heavy atom. The molecule has 1 aromatic heterocycles. The lowest BCUT2D eigenvalue weighted by atomic mass is 10.1. The second-order valence-corrected chi connectivity index (χ2v) is 3.69. The molecule has 2 atom stereocenters. The standard InChI is InChI=1S/C9H12N4O3.CH2O2/c14-3-7-9(16)12-6(8(15)13-7)1-5-2-10-4-11-5;2-1-3/h2,4,6-7,14H,1,3H2,(H,10,11)(H,12,16)(H,13,15);1H,(H,2,3)/t6-,7+;/m0./s1. The molecule has 2 amide bonds. The minimum Gasteiger partial charge on any atom is -0.483 e. The molecule has 104 valence electrons. The first kappa shape index (κ1) is 14.6. The Labute approximate surface area is 108 Å². The first-order chi connectivity index (χ1) is 9.12. The van der Waals surface area contributed by atoms with E-state index < -0.39 is 18.7 Å². The summed E-state index contributed by atoms with van der Waals surface area (Å²) < 4.78 is 0. The third-order valence-corrected chi connectivity index (χ3v) is 2.43. The van der Waals surface area contributed by atoms with Crippen LogP contribution in [0.3, 0.4) is 0 Å². The predicted octanol–water partition coefficient (Wildman–Crippen LogP) is -2.37. The molecule has 0 unspecified atom stereocenters. The van der Waals surface area contributed by atoms with E-state index in [9.17, 15) is 9.59 Å². The van der Waals surface area contributed by atoms with Crippen LogP contribution in [0.25, 0.3) is 0 Å². The molecule has 0 radical (unpaired) electrons. The summed E-state index contributed by atoms with van der Waals surface area (Å²) in [4.78, 5) is 38.0. The summed E-state index contributed by atoms with van der Waals surface area (Å²) in [5.41, 5.74) is 0.767. The van der Waals surface area contributed by atoms with Crippen molar-refractivity contribution in [2.45, 2.75) is 18.5 Å². The normalized spacial score (nSPS) is 21.7. The molecular formula is C10H14N4O5. The number of hydrogen-bond donors (Lipinski definition) is 5. The van der Waals surface area contributed by atoms with Crippen molar-refractivity contribution in [2.24, 2.45) is 0 Å². The number of piperazine rings is 1. The number of carbonyl (C=O) groups excluding carboxylic acids is 2. The topological polar surface area (TPSA) is 144 Å². The van der Waals surface area contributed by atoms with E-state index in [1.165, 1.54) is 6.33 Å². The lowest BCUT2D eigenvalue weighted by Gasteiger charge is -2.28. The van der Waals surface area contributed by atoms with Gasteiger partial charge in [-0.25, -0.2) is 4.98 Å². The number of aliphatic hydroxyl groups excluding tert-OH is 1. The third kappa shape index (κ3) is 4.07. The van der Waals surface area contributed by atoms with Gasteiger partial charge in [-0.3, -0.25) is 14.4 Å². The summed E-state index contributed by atoms with van der Waals surface area (Å²) in [6.45, 7) is -0.644. The number of amides is 2. The van der Waals surface area contributed by atoms with Crippen molar-refractivity contribution in [3.63, 3.8) is 0 Å². The van der Waals surface area contributed by atoms with Crippen molar-refractivity contribution in [2.75, 3.05) is 6.61 Å². The summed E-state index contributed by atoms with van der Waals surface area (Å²) in [7, 11) is 0. The average molecular weight is 270 g/mol. The summed E-state index contributed by atoms with van der Waals surface area (Å²) in [5.74, 6) is -0.667. The maximum absolute atomic E-state index is 11.6. The molecule has 5 N–H and O–H groups in total. The van der Waals surface area contributed by atoms with Crippen LogP contribution in [0.2, 0.25) is 0 Å². The van der Waals surface area contributed by atoms with Crippen molar-refractivity contribution in [1.29, 1.82) is 0 Å². The highest BCUT2D eigenvalue weighted by Gasteiger charge is 2.33. The van der Waals surface area contributed by atoms with Gasteiger partial charge in [0.2, 0.25) is 11.8 Å². The zero-order chi connectivity index (χ0) is 14.3. The van der Waals surface area contributed by atoms with E-state index in [1.807, 2.05) is 0 Å². The van der Waals surface area contributed by atoms with E-state index >= 15 is 0 Å². The van der Waals surface area contributed by atoms with Gasteiger partial charge in [-0.15, -0.1) is 0 Å². The first-order valence-electron chi connectivity index (χ1n) is 5.39. The van der Waals surface area contributed by atoms with E-state index in [-0.39, 0.29) is 18.3 Å². The van der Waals surface area contributed by atoms with Crippen LogP contribution >= 0.6 is 0 Å². The molecule has 0 spiro atoms. The van der Waals surface area contributed by atoms with E-state index in [0.29, 0.717) is 6.42 Å². The fourth-order valence-corrected chi connectivity index (χ4v) is 1.56. The van der Waals surface area contributed by atoms with Gasteiger partial charge in [0.05, 0.1) is 12.9 Å². The SMILES string of the molecule is O=C1N[C@H](CO)C(=O)N[C@H]1Cc1cnc[nH]1.O=CO. The van der Waals surface area contributed by atoms with Gasteiger partial charge in [0, 0.05) is 18.3 Å². The Balaban J connectivity index is 0.000000550.